The molecule has 0 aliphatic carbocycles. The minimum absolute atomic E-state index is 0.0356. The van der Waals surface area contributed by atoms with Crippen molar-refractivity contribution in [3.05, 3.63) is 95.3 Å². The number of hydrogen-bond acceptors (Lipinski definition) is 3. The molecule has 0 fully saturated rings. The fraction of sp³-hybridized carbons (Fsp3) is 0.174. The highest BCUT2D eigenvalue weighted by atomic mass is 32.2. The van der Waals surface area contributed by atoms with Crippen molar-refractivity contribution < 1.29 is 17.6 Å². The molecule has 156 valence electrons. The van der Waals surface area contributed by atoms with Gasteiger partial charge in [-0.05, 0) is 49.7 Å². The highest BCUT2D eigenvalue weighted by Gasteiger charge is 2.22. The molecule has 0 unspecified atom stereocenters. The lowest BCUT2D eigenvalue weighted by molar-refractivity contribution is 0.0753. The second kappa shape index (κ2) is 9.09. The molecule has 3 aromatic carbocycles. The van der Waals surface area contributed by atoms with Gasteiger partial charge in [-0.2, -0.15) is 0 Å². The number of nitrogens with one attached hydrogen (secondary N) is 1. The molecule has 7 heteroatoms. The first-order valence-electron chi connectivity index (χ1n) is 9.52. The van der Waals surface area contributed by atoms with Crippen LogP contribution in [0.3, 0.4) is 0 Å². The standard InChI is InChI=1S/C23H23FN2O3S/c1-3-26(16-18-7-5-4-6-8-18)23(27)21-15-19(24)11-14-22(21)25-30(28,29)20-12-9-17(2)10-13-20/h4-15,25H,3,16H2,1-2H3. The topological polar surface area (TPSA) is 66.5 Å². The van der Waals surface area contributed by atoms with E-state index in [9.17, 15) is 17.6 Å². The third-order valence-corrected chi connectivity index (χ3v) is 6.05. The fourth-order valence-electron chi connectivity index (χ4n) is 3.00. The van der Waals surface area contributed by atoms with Crippen LogP contribution in [0.2, 0.25) is 0 Å². The average molecular weight is 427 g/mol. The van der Waals surface area contributed by atoms with E-state index >= 15 is 0 Å². The second-order valence-electron chi connectivity index (χ2n) is 6.91. The number of sulfonamides is 1. The zero-order valence-corrected chi connectivity index (χ0v) is 17.6. The van der Waals surface area contributed by atoms with E-state index in [1.54, 1.807) is 12.1 Å². The second-order valence-corrected chi connectivity index (χ2v) is 8.60. The molecule has 0 bridgehead atoms. The number of amides is 1. The minimum atomic E-state index is -3.93. The van der Waals surface area contributed by atoms with Gasteiger partial charge in [-0.3, -0.25) is 9.52 Å². The van der Waals surface area contributed by atoms with Gasteiger partial charge in [0.2, 0.25) is 0 Å². The summed E-state index contributed by atoms with van der Waals surface area (Å²) in [5, 5.41) is 0. The van der Waals surface area contributed by atoms with Crippen LogP contribution >= 0.6 is 0 Å². The number of carbonyl (C=O) groups excluding carboxylic acids is 1. The van der Waals surface area contributed by atoms with Crippen LogP contribution in [0, 0.1) is 12.7 Å². The molecular formula is C23H23FN2O3S. The van der Waals surface area contributed by atoms with Crippen molar-refractivity contribution >= 4 is 21.6 Å². The van der Waals surface area contributed by atoms with Crippen LogP contribution in [0.4, 0.5) is 10.1 Å². The Bertz CT molecular complexity index is 1130. The van der Waals surface area contributed by atoms with E-state index in [4.69, 9.17) is 0 Å². The molecule has 0 radical (unpaired) electrons. The Hall–Kier alpha value is -3.19. The maximum atomic E-state index is 14.0. The summed E-state index contributed by atoms with van der Waals surface area (Å²) in [4.78, 5) is 14.7. The van der Waals surface area contributed by atoms with Gasteiger partial charge in [0.15, 0.2) is 0 Å². The molecular weight excluding hydrogens is 403 g/mol. The molecule has 0 heterocycles. The van der Waals surface area contributed by atoms with Crippen LogP contribution in [-0.2, 0) is 16.6 Å². The van der Waals surface area contributed by atoms with E-state index in [0.29, 0.717) is 13.1 Å². The Labute approximate surface area is 176 Å². The molecule has 3 aromatic rings. The van der Waals surface area contributed by atoms with Crippen molar-refractivity contribution in [1.82, 2.24) is 4.90 Å². The molecule has 0 saturated carbocycles. The van der Waals surface area contributed by atoms with Crippen molar-refractivity contribution in [3.63, 3.8) is 0 Å². The van der Waals surface area contributed by atoms with E-state index in [-0.39, 0.29) is 16.1 Å². The van der Waals surface area contributed by atoms with Crippen LogP contribution in [0.25, 0.3) is 0 Å². The van der Waals surface area contributed by atoms with Gasteiger partial charge in [-0.25, -0.2) is 12.8 Å². The largest absolute Gasteiger partial charge is 0.335 e. The van der Waals surface area contributed by atoms with Crippen LogP contribution < -0.4 is 4.72 Å². The molecule has 0 aromatic heterocycles. The molecule has 0 aliphatic heterocycles. The first-order chi connectivity index (χ1) is 14.3. The average Bonchev–Trinajstić information content (AvgIpc) is 2.73. The van der Waals surface area contributed by atoms with Gasteiger partial charge in [0.25, 0.3) is 15.9 Å². The Morgan fingerprint density at radius 1 is 1.00 bits per heavy atom. The number of nitrogens with zero attached hydrogens (tertiary/aromatic N) is 1. The van der Waals surface area contributed by atoms with Gasteiger partial charge in [0.05, 0.1) is 16.1 Å². The number of rotatable bonds is 7. The lowest BCUT2D eigenvalue weighted by Gasteiger charge is -2.23. The van der Waals surface area contributed by atoms with Crippen molar-refractivity contribution in [1.29, 1.82) is 0 Å². The summed E-state index contributed by atoms with van der Waals surface area (Å²) in [5.41, 5.74) is 1.84. The van der Waals surface area contributed by atoms with E-state index in [0.717, 1.165) is 23.3 Å². The number of carbonyl (C=O) groups is 1. The molecule has 1 N–H and O–H groups in total. The van der Waals surface area contributed by atoms with Crippen molar-refractivity contribution in [2.75, 3.05) is 11.3 Å². The molecule has 5 nitrogen and oxygen atoms in total. The van der Waals surface area contributed by atoms with Crippen molar-refractivity contribution in [2.45, 2.75) is 25.3 Å². The quantitative estimate of drug-likeness (QED) is 0.601. The maximum Gasteiger partial charge on any atom is 0.261 e. The van der Waals surface area contributed by atoms with Gasteiger partial charge in [-0.15, -0.1) is 0 Å². The summed E-state index contributed by atoms with van der Waals surface area (Å²) in [5.74, 6) is -1.07. The van der Waals surface area contributed by atoms with Crippen molar-refractivity contribution in [2.24, 2.45) is 0 Å². The SMILES string of the molecule is CCN(Cc1ccccc1)C(=O)c1cc(F)ccc1NS(=O)(=O)c1ccc(C)cc1. The summed E-state index contributed by atoms with van der Waals surface area (Å²) >= 11 is 0. The molecule has 0 atom stereocenters. The summed E-state index contributed by atoms with van der Waals surface area (Å²) in [6.07, 6.45) is 0. The number of hydrogen-bond donors (Lipinski definition) is 1. The van der Waals surface area contributed by atoms with Crippen LogP contribution in [0.1, 0.15) is 28.4 Å². The zero-order chi connectivity index (χ0) is 21.7. The maximum absolute atomic E-state index is 14.0. The molecule has 1 amide bonds. The molecule has 3 rings (SSSR count). The predicted octanol–water partition coefficient (Wildman–Crippen LogP) is 4.60. The third kappa shape index (κ3) is 5.04. The number of benzene rings is 3. The lowest BCUT2D eigenvalue weighted by Crippen LogP contribution is -2.31. The summed E-state index contributed by atoms with van der Waals surface area (Å²) < 4.78 is 41.9. The van der Waals surface area contributed by atoms with E-state index in [2.05, 4.69) is 4.72 Å². The highest BCUT2D eigenvalue weighted by Crippen LogP contribution is 2.24. The Morgan fingerprint density at radius 2 is 1.67 bits per heavy atom. The van der Waals surface area contributed by atoms with Gasteiger partial charge in [-0.1, -0.05) is 48.0 Å². The lowest BCUT2D eigenvalue weighted by atomic mass is 10.1. The van der Waals surface area contributed by atoms with Crippen molar-refractivity contribution in [3.8, 4) is 0 Å². The predicted molar refractivity (Wildman–Crippen MR) is 115 cm³/mol. The van der Waals surface area contributed by atoms with E-state index < -0.39 is 21.7 Å². The molecule has 0 saturated heterocycles. The molecule has 30 heavy (non-hydrogen) atoms. The summed E-state index contributed by atoms with van der Waals surface area (Å²) in [6, 6.07) is 19.2. The van der Waals surface area contributed by atoms with Gasteiger partial charge in [0, 0.05) is 13.1 Å². The number of aryl methyl sites for hydroxylation is 1. The Morgan fingerprint density at radius 3 is 2.30 bits per heavy atom. The Kier molecular flexibility index (Phi) is 6.52. The number of anilines is 1. The summed E-state index contributed by atoms with van der Waals surface area (Å²) in [7, 11) is -3.93. The van der Waals surface area contributed by atoms with E-state index in [1.807, 2.05) is 44.2 Å². The van der Waals surface area contributed by atoms with Gasteiger partial charge < -0.3 is 4.90 Å². The zero-order valence-electron chi connectivity index (χ0n) is 16.8. The van der Waals surface area contributed by atoms with Crippen LogP contribution in [-0.4, -0.2) is 25.8 Å². The monoisotopic (exact) mass is 426 g/mol. The third-order valence-electron chi connectivity index (χ3n) is 4.67. The number of halogens is 1. The summed E-state index contributed by atoms with van der Waals surface area (Å²) in [6.45, 7) is 4.38. The van der Waals surface area contributed by atoms with Gasteiger partial charge in [0.1, 0.15) is 5.82 Å². The smallest absolute Gasteiger partial charge is 0.261 e. The molecule has 0 spiro atoms. The van der Waals surface area contributed by atoms with Gasteiger partial charge >= 0.3 is 0 Å². The first-order valence-corrected chi connectivity index (χ1v) is 11.0. The first kappa shape index (κ1) is 21.5. The Balaban J connectivity index is 1.92. The van der Waals surface area contributed by atoms with E-state index in [1.165, 1.54) is 23.1 Å². The normalized spacial score (nSPS) is 11.2. The fourth-order valence-corrected chi connectivity index (χ4v) is 4.08. The highest BCUT2D eigenvalue weighted by molar-refractivity contribution is 7.92. The van der Waals surface area contributed by atoms with Crippen LogP contribution in [0.5, 0.6) is 0 Å². The van der Waals surface area contributed by atoms with Crippen LogP contribution in [0.15, 0.2) is 77.7 Å². The molecule has 0 aliphatic rings. The minimum Gasteiger partial charge on any atom is -0.335 e.